The van der Waals surface area contributed by atoms with Crippen LogP contribution in [0.1, 0.15) is 31.7 Å². The fourth-order valence-electron chi connectivity index (χ4n) is 3.57. The molecular weight excluding hydrogens is 427 g/mol. The number of ether oxygens (including phenoxy) is 1. The molecule has 2 fully saturated rings. The highest BCUT2D eigenvalue weighted by atomic mass is 35.5. The first-order chi connectivity index (χ1) is 13.7. The van der Waals surface area contributed by atoms with E-state index in [2.05, 4.69) is 9.97 Å². The lowest BCUT2D eigenvalue weighted by Gasteiger charge is -2.36. The SMILES string of the molecule is CC(O)C(N)CO[C@@H]1CCN(C2CCN(c3ncc(C(F)(F)F)cn3)CC2)C1=O.Cl. The molecule has 2 saturated heterocycles. The number of aliphatic hydroxyl groups excluding tert-OH is 1. The summed E-state index contributed by atoms with van der Waals surface area (Å²) in [6.07, 6.45) is -2.20. The lowest BCUT2D eigenvalue weighted by Crippen LogP contribution is -2.47. The van der Waals surface area contributed by atoms with E-state index in [0.717, 1.165) is 12.4 Å². The van der Waals surface area contributed by atoms with Crippen molar-refractivity contribution in [1.82, 2.24) is 14.9 Å². The Kier molecular flexibility index (Phi) is 8.26. The van der Waals surface area contributed by atoms with Crippen molar-refractivity contribution in [1.29, 1.82) is 0 Å². The van der Waals surface area contributed by atoms with E-state index >= 15 is 0 Å². The first kappa shape index (κ1) is 24.6. The number of piperidine rings is 1. The fourth-order valence-corrected chi connectivity index (χ4v) is 3.57. The standard InChI is InChI=1S/C18H26F3N5O3.ClH/c1-11(27)14(22)10-29-15-4-7-26(16(15)28)13-2-5-25(6-3-13)17-23-8-12(9-24-17)18(19,20)21;/h8-9,11,13-15,27H,2-7,10,22H2,1H3;1H/t11?,14?,15-;/m1./s1. The number of carbonyl (C=O) groups is 1. The number of aliphatic hydroxyl groups is 1. The number of carbonyl (C=O) groups excluding carboxylic acids is 1. The highest BCUT2D eigenvalue weighted by Gasteiger charge is 2.38. The van der Waals surface area contributed by atoms with Gasteiger partial charge in [-0.05, 0) is 19.8 Å². The summed E-state index contributed by atoms with van der Waals surface area (Å²) in [5.74, 6) is 0.185. The predicted molar refractivity (Wildman–Crippen MR) is 105 cm³/mol. The largest absolute Gasteiger partial charge is 0.419 e. The molecule has 1 aromatic heterocycles. The van der Waals surface area contributed by atoms with Gasteiger partial charge in [-0.25, -0.2) is 9.97 Å². The van der Waals surface area contributed by atoms with Crippen LogP contribution in [0.2, 0.25) is 0 Å². The van der Waals surface area contributed by atoms with Crippen molar-refractivity contribution in [3.63, 3.8) is 0 Å². The van der Waals surface area contributed by atoms with Crippen LogP contribution in [0.15, 0.2) is 12.4 Å². The molecule has 0 aliphatic carbocycles. The normalized spacial score (nSPS) is 22.7. The highest BCUT2D eigenvalue weighted by Crippen LogP contribution is 2.29. The number of hydrogen-bond acceptors (Lipinski definition) is 7. The maximum atomic E-state index is 12.6. The Hall–Kier alpha value is -1.69. The lowest BCUT2D eigenvalue weighted by atomic mass is 10.0. The maximum absolute atomic E-state index is 12.6. The van der Waals surface area contributed by atoms with E-state index < -0.39 is 30.0 Å². The van der Waals surface area contributed by atoms with Crippen LogP contribution in [0.5, 0.6) is 0 Å². The van der Waals surface area contributed by atoms with E-state index in [4.69, 9.17) is 10.5 Å². The molecule has 1 amide bonds. The van der Waals surface area contributed by atoms with Gasteiger partial charge in [-0.1, -0.05) is 0 Å². The molecule has 2 aliphatic rings. The Morgan fingerprint density at radius 1 is 1.23 bits per heavy atom. The number of aromatic nitrogens is 2. The van der Waals surface area contributed by atoms with Crippen LogP contribution in [0.25, 0.3) is 0 Å². The van der Waals surface area contributed by atoms with Crippen LogP contribution >= 0.6 is 12.4 Å². The number of likely N-dealkylation sites (tertiary alicyclic amines) is 1. The van der Waals surface area contributed by atoms with Gasteiger partial charge in [0.2, 0.25) is 5.95 Å². The fraction of sp³-hybridized carbons (Fsp3) is 0.722. The van der Waals surface area contributed by atoms with Gasteiger partial charge in [0.1, 0.15) is 6.10 Å². The zero-order chi connectivity index (χ0) is 21.2. The minimum absolute atomic E-state index is 0. The monoisotopic (exact) mass is 453 g/mol. The second kappa shape index (κ2) is 10.1. The molecule has 170 valence electrons. The first-order valence-corrected chi connectivity index (χ1v) is 9.66. The summed E-state index contributed by atoms with van der Waals surface area (Å²) in [5, 5.41) is 9.42. The second-order valence-electron chi connectivity index (χ2n) is 7.53. The van der Waals surface area contributed by atoms with E-state index in [9.17, 15) is 23.1 Å². The van der Waals surface area contributed by atoms with Crippen LogP contribution < -0.4 is 10.6 Å². The molecule has 8 nitrogen and oxygen atoms in total. The summed E-state index contributed by atoms with van der Waals surface area (Å²) in [4.78, 5) is 23.9. The van der Waals surface area contributed by atoms with E-state index in [1.54, 1.807) is 6.92 Å². The van der Waals surface area contributed by atoms with Crippen molar-refractivity contribution in [2.24, 2.45) is 5.73 Å². The van der Waals surface area contributed by atoms with Crippen LogP contribution in [0.3, 0.4) is 0 Å². The van der Waals surface area contributed by atoms with Gasteiger partial charge in [0.15, 0.2) is 0 Å². The molecule has 0 saturated carbocycles. The van der Waals surface area contributed by atoms with E-state index in [1.807, 2.05) is 9.80 Å². The summed E-state index contributed by atoms with van der Waals surface area (Å²) in [7, 11) is 0. The van der Waals surface area contributed by atoms with Gasteiger partial charge in [-0.2, -0.15) is 13.2 Å². The Bertz CT molecular complexity index is 699. The second-order valence-corrected chi connectivity index (χ2v) is 7.53. The first-order valence-electron chi connectivity index (χ1n) is 9.66. The zero-order valence-corrected chi connectivity index (χ0v) is 17.4. The molecule has 3 N–H and O–H groups in total. The number of anilines is 1. The van der Waals surface area contributed by atoms with Crippen LogP contribution in [0, 0.1) is 0 Å². The van der Waals surface area contributed by atoms with Crippen molar-refractivity contribution >= 4 is 24.3 Å². The van der Waals surface area contributed by atoms with Crippen molar-refractivity contribution in [2.75, 3.05) is 31.1 Å². The number of halogens is 4. The minimum atomic E-state index is -4.46. The molecule has 2 unspecified atom stereocenters. The highest BCUT2D eigenvalue weighted by molar-refractivity contribution is 5.85. The Morgan fingerprint density at radius 3 is 2.37 bits per heavy atom. The summed E-state index contributed by atoms with van der Waals surface area (Å²) in [6, 6.07) is -0.490. The Balaban J connectivity index is 0.00000320. The molecule has 3 rings (SSSR count). The van der Waals surface area contributed by atoms with Crippen LogP contribution in [0.4, 0.5) is 19.1 Å². The molecule has 0 spiro atoms. The van der Waals surface area contributed by atoms with E-state index in [0.29, 0.717) is 38.9 Å². The number of alkyl halides is 3. The Labute approximate surface area is 179 Å². The van der Waals surface area contributed by atoms with Crippen molar-refractivity contribution < 1.29 is 27.8 Å². The summed E-state index contributed by atoms with van der Waals surface area (Å²) < 4.78 is 43.5. The predicted octanol–water partition coefficient (Wildman–Crippen LogP) is 1.21. The molecule has 3 atom stereocenters. The van der Waals surface area contributed by atoms with Crippen molar-refractivity contribution in [2.45, 2.75) is 56.7 Å². The molecular formula is C18H27ClF3N5O3. The summed E-state index contributed by atoms with van der Waals surface area (Å²) >= 11 is 0. The van der Waals surface area contributed by atoms with Crippen LogP contribution in [-0.2, 0) is 15.7 Å². The summed E-state index contributed by atoms with van der Waals surface area (Å²) in [5.41, 5.74) is 4.87. The quantitative estimate of drug-likeness (QED) is 0.667. The molecule has 0 bridgehead atoms. The van der Waals surface area contributed by atoms with Gasteiger partial charge >= 0.3 is 6.18 Å². The number of hydrogen-bond donors (Lipinski definition) is 2. The van der Waals surface area contributed by atoms with Crippen LogP contribution in [-0.4, -0.2) is 76.4 Å². The number of nitrogens with two attached hydrogens (primary N) is 1. The third kappa shape index (κ3) is 5.71. The zero-order valence-electron chi connectivity index (χ0n) is 16.6. The topological polar surface area (TPSA) is 105 Å². The van der Waals surface area contributed by atoms with Gasteiger partial charge in [0, 0.05) is 44.5 Å². The maximum Gasteiger partial charge on any atom is 0.419 e. The lowest BCUT2D eigenvalue weighted by molar-refractivity contribution is -0.140. The molecule has 0 radical (unpaired) electrons. The smallest absolute Gasteiger partial charge is 0.392 e. The van der Waals surface area contributed by atoms with E-state index in [-0.39, 0.29) is 36.9 Å². The number of amides is 1. The Morgan fingerprint density at radius 2 is 1.83 bits per heavy atom. The molecule has 0 aromatic carbocycles. The number of rotatable bonds is 6. The summed E-state index contributed by atoms with van der Waals surface area (Å²) in [6.45, 7) is 3.39. The van der Waals surface area contributed by atoms with Gasteiger partial charge in [-0.3, -0.25) is 4.79 Å². The molecule has 1 aromatic rings. The van der Waals surface area contributed by atoms with Crippen molar-refractivity contribution in [3.05, 3.63) is 18.0 Å². The third-order valence-electron chi connectivity index (χ3n) is 5.45. The van der Waals surface area contributed by atoms with Gasteiger partial charge in [0.05, 0.1) is 24.3 Å². The number of nitrogens with zero attached hydrogens (tertiary/aromatic N) is 4. The van der Waals surface area contributed by atoms with Gasteiger partial charge in [0.25, 0.3) is 5.91 Å². The minimum Gasteiger partial charge on any atom is -0.392 e. The molecule has 2 aliphatic heterocycles. The molecule has 3 heterocycles. The average molecular weight is 454 g/mol. The molecule has 12 heteroatoms. The van der Waals surface area contributed by atoms with Crippen molar-refractivity contribution in [3.8, 4) is 0 Å². The molecule has 30 heavy (non-hydrogen) atoms. The third-order valence-corrected chi connectivity index (χ3v) is 5.45. The average Bonchev–Trinajstić information content (AvgIpc) is 3.06. The van der Waals surface area contributed by atoms with E-state index in [1.165, 1.54) is 0 Å². The van der Waals surface area contributed by atoms with Gasteiger partial charge in [-0.15, -0.1) is 12.4 Å². The van der Waals surface area contributed by atoms with Gasteiger partial charge < -0.3 is 25.4 Å².